The van der Waals surface area contributed by atoms with E-state index in [2.05, 4.69) is 10.6 Å². The topological polar surface area (TPSA) is 78.5 Å². The lowest BCUT2D eigenvalue weighted by Gasteiger charge is -2.23. The number of carbonyl (C=O) groups is 1. The maximum Gasteiger partial charge on any atom is 0.235 e. The number of nitrogens with zero attached hydrogens (tertiary/aromatic N) is 1. The third-order valence-electron chi connectivity index (χ3n) is 2.84. The molecule has 1 fully saturated rings. The Kier molecular flexibility index (Phi) is 5.35. The highest BCUT2D eigenvalue weighted by molar-refractivity contribution is 7.89. The summed E-state index contributed by atoms with van der Waals surface area (Å²) in [5.74, 6) is -0.246. The zero-order valence-corrected chi connectivity index (χ0v) is 11.2. The van der Waals surface area contributed by atoms with Crippen LogP contribution in [0.2, 0.25) is 0 Å². The molecule has 0 aliphatic carbocycles. The molecule has 0 bridgehead atoms. The summed E-state index contributed by atoms with van der Waals surface area (Å²) in [6.45, 7) is 5.53. The maximum absolute atomic E-state index is 12.2. The van der Waals surface area contributed by atoms with E-state index in [-0.39, 0.29) is 12.5 Å². The van der Waals surface area contributed by atoms with E-state index in [0.29, 0.717) is 26.1 Å². The number of carbonyl (C=O) groups excluding carboxylic acids is 1. The van der Waals surface area contributed by atoms with Gasteiger partial charge in [-0.1, -0.05) is 6.92 Å². The lowest BCUT2D eigenvalue weighted by molar-refractivity contribution is -0.121. The molecule has 0 radical (unpaired) electrons. The minimum atomic E-state index is -3.35. The summed E-state index contributed by atoms with van der Waals surface area (Å²) in [4.78, 5) is 11.4. The van der Waals surface area contributed by atoms with Gasteiger partial charge in [0.15, 0.2) is 0 Å². The van der Waals surface area contributed by atoms with Gasteiger partial charge in [-0.15, -0.1) is 0 Å². The third kappa shape index (κ3) is 3.65. The summed E-state index contributed by atoms with van der Waals surface area (Å²) in [6, 6.07) is 0. The van der Waals surface area contributed by atoms with Gasteiger partial charge in [0.1, 0.15) is 0 Å². The summed E-state index contributed by atoms with van der Waals surface area (Å²) in [6.07, 6.45) is 0.619. The van der Waals surface area contributed by atoms with Crippen molar-refractivity contribution < 1.29 is 13.2 Å². The molecule has 1 amide bonds. The van der Waals surface area contributed by atoms with Crippen LogP contribution in [-0.2, 0) is 14.8 Å². The molecule has 1 aliphatic rings. The largest absolute Gasteiger partial charge is 0.355 e. The van der Waals surface area contributed by atoms with Crippen LogP contribution in [0.25, 0.3) is 0 Å². The van der Waals surface area contributed by atoms with Crippen molar-refractivity contribution in [3.8, 4) is 0 Å². The van der Waals surface area contributed by atoms with E-state index in [9.17, 15) is 13.2 Å². The van der Waals surface area contributed by atoms with E-state index in [0.717, 1.165) is 6.54 Å². The van der Waals surface area contributed by atoms with Crippen LogP contribution in [-0.4, -0.2) is 56.6 Å². The first-order chi connectivity index (χ1) is 8.02. The molecule has 0 aromatic carbocycles. The van der Waals surface area contributed by atoms with Gasteiger partial charge < -0.3 is 10.6 Å². The van der Waals surface area contributed by atoms with Gasteiger partial charge in [-0.05, 0) is 19.9 Å². The lowest BCUT2D eigenvalue weighted by Crippen LogP contribution is -2.45. The Bertz CT molecular complexity index is 350. The Hall–Kier alpha value is -0.660. The molecule has 100 valence electrons. The molecule has 1 unspecified atom stereocenters. The van der Waals surface area contributed by atoms with Crippen molar-refractivity contribution in [3.63, 3.8) is 0 Å². The number of rotatable bonds is 6. The standard InChI is InChI=1S/C10H21N3O3S/c1-3-12-10(14)8-13(4-2)17(15,16)9-5-6-11-7-9/h9,11H,3-8H2,1-2H3,(H,12,14). The molecule has 0 saturated carbocycles. The van der Waals surface area contributed by atoms with Crippen LogP contribution >= 0.6 is 0 Å². The number of likely N-dealkylation sites (N-methyl/N-ethyl adjacent to an activating group) is 2. The van der Waals surface area contributed by atoms with E-state index >= 15 is 0 Å². The molecule has 1 heterocycles. The Balaban J connectivity index is 2.68. The summed E-state index contributed by atoms with van der Waals surface area (Å²) in [7, 11) is -3.35. The van der Waals surface area contributed by atoms with Crippen LogP contribution in [0.5, 0.6) is 0 Å². The predicted octanol–water partition coefficient (Wildman–Crippen LogP) is -0.864. The Labute approximate surface area is 103 Å². The minimum absolute atomic E-state index is 0.0802. The molecule has 1 saturated heterocycles. The molecule has 0 aromatic heterocycles. The fraction of sp³-hybridized carbons (Fsp3) is 0.900. The van der Waals surface area contributed by atoms with Crippen molar-refractivity contribution in [1.29, 1.82) is 0 Å². The molecule has 1 aliphatic heterocycles. The molecular weight excluding hydrogens is 242 g/mol. The Morgan fingerprint density at radius 1 is 1.47 bits per heavy atom. The number of nitrogens with one attached hydrogen (secondary N) is 2. The second kappa shape index (κ2) is 6.32. The van der Waals surface area contributed by atoms with Crippen LogP contribution in [0.3, 0.4) is 0 Å². The summed E-state index contributed by atoms with van der Waals surface area (Å²) < 4.78 is 25.7. The van der Waals surface area contributed by atoms with Gasteiger partial charge in [-0.25, -0.2) is 8.42 Å². The lowest BCUT2D eigenvalue weighted by atomic mass is 10.4. The molecule has 6 nitrogen and oxygen atoms in total. The zero-order chi connectivity index (χ0) is 12.9. The SMILES string of the molecule is CCNC(=O)CN(CC)S(=O)(=O)C1CCNC1. The first kappa shape index (κ1) is 14.4. The molecule has 7 heteroatoms. The maximum atomic E-state index is 12.2. The van der Waals surface area contributed by atoms with Crippen molar-refractivity contribution in [2.24, 2.45) is 0 Å². The molecule has 0 spiro atoms. The predicted molar refractivity (Wildman–Crippen MR) is 66.1 cm³/mol. The Morgan fingerprint density at radius 2 is 2.18 bits per heavy atom. The highest BCUT2D eigenvalue weighted by Crippen LogP contribution is 2.14. The minimum Gasteiger partial charge on any atom is -0.355 e. The number of amides is 1. The van der Waals surface area contributed by atoms with E-state index in [1.54, 1.807) is 6.92 Å². The highest BCUT2D eigenvalue weighted by atomic mass is 32.2. The zero-order valence-electron chi connectivity index (χ0n) is 10.4. The van der Waals surface area contributed by atoms with Crippen molar-refractivity contribution >= 4 is 15.9 Å². The van der Waals surface area contributed by atoms with Gasteiger partial charge in [-0.2, -0.15) is 4.31 Å². The van der Waals surface area contributed by atoms with Gasteiger partial charge in [-0.3, -0.25) is 4.79 Å². The summed E-state index contributed by atoms with van der Waals surface area (Å²) in [5, 5.41) is 5.25. The average Bonchev–Trinajstić information content (AvgIpc) is 2.80. The molecule has 1 rings (SSSR count). The number of hydrogen-bond acceptors (Lipinski definition) is 4. The molecule has 2 N–H and O–H groups in total. The fourth-order valence-electron chi connectivity index (χ4n) is 1.89. The van der Waals surface area contributed by atoms with Crippen LogP contribution in [0.1, 0.15) is 20.3 Å². The third-order valence-corrected chi connectivity index (χ3v) is 5.19. The number of hydrogen-bond donors (Lipinski definition) is 2. The van der Waals surface area contributed by atoms with E-state index in [1.807, 2.05) is 6.92 Å². The van der Waals surface area contributed by atoms with E-state index < -0.39 is 15.3 Å². The second-order valence-electron chi connectivity index (χ2n) is 4.04. The van der Waals surface area contributed by atoms with E-state index in [4.69, 9.17) is 0 Å². The van der Waals surface area contributed by atoms with Gasteiger partial charge in [0.05, 0.1) is 11.8 Å². The summed E-state index contributed by atoms with van der Waals surface area (Å²) in [5.41, 5.74) is 0. The highest BCUT2D eigenvalue weighted by Gasteiger charge is 2.34. The quantitative estimate of drug-likeness (QED) is 0.653. The normalized spacial score (nSPS) is 20.8. The Morgan fingerprint density at radius 3 is 2.65 bits per heavy atom. The molecule has 0 aromatic rings. The van der Waals surface area contributed by atoms with Crippen molar-refractivity contribution in [2.75, 3.05) is 32.7 Å². The molecule has 17 heavy (non-hydrogen) atoms. The molecule has 1 atom stereocenters. The van der Waals surface area contributed by atoms with Crippen molar-refractivity contribution in [3.05, 3.63) is 0 Å². The van der Waals surface area contributed by atoms with Crippen LogP contribution in [0.15, 0.2) is 0 Å². The van der Waals surface area contributed by atoms with Crippen molar-refractivity contribution in [2.45, 2.75) is 25.5 Å². The smallest absolute Gasteiger partial charge is 0.235 e. The van der Waals surface area contributed by atoms with Crippen LogP contribution < -0.4 is 10.6 Å². The second-order valence-corrected chi connectivity index (χ2v) is 6.25. The van der Waals surface area contributed by atoms with Crippen LogP contribution in [0.4, 0.5) is 0 Å². The van der Waals surface area contributed by atoms with Gasteiger partial charge >= 0.3 is 0 Å². The first-order valence-electron chi connectivity index (χ1n) is 5.98. The van der Waals surface area contributed by atoms with E-state index in [1.165, 1.54) is 4.31 Å². The van der Waals surface area contributed by atoms with Gasteiger partial charge in [0.25, 0.3) is 0 Å². The first-order valence-corrected chi connectivity index (χ1v) is 7.49. The monoisotopic (exact) mass is 263 g/mol. The fourth-order valence-corrected chi connectivity index (χ4v) is 3.71. The van der Waals surface area contributed by atoms with Crippen molar-refractivity contribution in [1.82, 2.24) is 14.9 Å². The average molecular weight is 263 g/mol. The van der Waals surface area contributed by atoms with Gasteiger partial charge in [0.2, 0.25) is 15.9 Å². The van der Waals surface area contributed by atoms with Crippen LogP contribution in [0, 0.1) is 0 Å². The summed E-state index contributed by atoms with van der Waals surface area (Å²) >= 11 is 0. The number of sulfonamides is 1. The molecular formula is C10H21N3O3S. The van der Waals surface area contributed by atoms with Gasteiger partial charge in [0, 0.05) is 19.6 Å².